The zero-order valence-corrected chi connectivity index (χ0v) is 24.9. The number of carbonyl (C=O) groups excluding carboxylic acids is 1. The Morgan fingerprint density at radius 2 is 1.73 bits per heavy atom. The number of ether oxygens (including phenoxy) is 2. The van der Waals surface area contributed by atoms with Crippen LogP contribution in [0.15, 0.2) is 72.8 Å². The van der Waals surface area contributed by atoms with Gasteiger partial charge in [0, 0.05) is 21.7 Å². The molecule has 37 heavy (non-hydrogen) atoms. The van der Waals surface area contributed by atoms with Crippen LogP contribution in [0, 0.1) is 9.49 Å². The van der Waals surface area contributed by atoms with Gasteiger partial charge in [-0.05, 0) is 70.4 Å². The molecule has 3 aromatic carbocycles. The van der Waals surface area contributed by atoms with Crippen LogP contribution >= 0.6 is 22.6 Å². The fourth-order valence-electron chi connectivity index (χ4n) is 6.59. The van der Waals surface area contributed by atoms with Gasteiger partial charge < -0.3 is 19.5 Å². The SMILES string of the molecule is COc1ccc([Si](C)(C)[C@H]2[C@H](CCO)O[C@@]3(C(=O)N(Cc4ccc(I)cc4)c4ccccc43)[C@@H]2C)cc1. The summed E-state index contributed by atoms with van der Waals surface area (Å²) in [5.41, 5.74) is 2.04. The molecular weight excluding hydrogens is 593 g/mol. The number of benzene rings is 3. The van der Waals surface area contributed by atoms with E-state index in [9.17, 15) is 9.90 Å². The van der Waals surface area contributed by atoms with Crippen LogP contribution in [-0.4, -0.2) is 38.9 Å². The first-order valence-corrected chi connectivity index (χ1v) is 17.0. The number of amides is 1. The van der Waals surface area contributed by atoms with Crippen molar-refractivity contribution in [1.82, 2.24) is 0 Å². The van der Waals surface area contributed by atoms with E-state index in [-0.39, 0.29) is 30.1 Å². The molecule has 2 aliphatic rings. The molecule has 0 aromatic heterocycles. The van der Waals surface area contributed by atoms with Crippen molar-refractivity contribution in [1.29, 1.82) is 0 Å². The Hall–Kier alpha value is -2.20. The van der Waals surface area contributed by atoms with Crippen molar-refractivity contribution < 1.29 is 19.4 Å². The lowest BCUT2D eigenvalue weighted by molar-refractivity contribution is -0.146. The second kappa shape index (κ2) is 10.2. The number of rotatable bonds is 7. The maximum Gasteiger partial charge on any atom is 0.264 e. The van der Waals surface area contributed by atoms with E-state index in [0.29, 0.717) is 13.0 Å². The van der Waals surface area contributed by atoms with Crippen LogP contribution < -0.4 is 14.8 Å². The molecular formula is C30H34INO4Si. The summed E-state index contributed by atoms with van der Waals surface area (Å²) in [7, 11) is -0.478. The Balaban J connectivity index is 1.57. The number of aliphatic hydroxyl groups is 1. The van der Waals surface area contributed by atoms with E-state index in [1.165, 1.54) is 8.76 Å². The van der Waals surface area contributed by atoms with Gasteiger partial charge in [-0.15, -0.1) is 0 Å². The molecule has 0 radical (unpaired) electrons. The third-order valence-electron chi connectivity index (χ3n) is 8.41. The average Bonchev–Trinajstić information content (AvgIpc) is 3.33. The van der Waals surface area contributed by atoms with Crippen LogP contribution in [0.25, 0.3) is 0 Å². The van der Waals surface area contributed by atoms with Crippen molar-refractivity contribution in [2.45, 2.75) is 50.2 Å². The molecule has 194 valence electrons. The lowest BCUT2D eigenvalue weighted by atomic mass is 9.82. The molecule has 5 nitrogen and oxygen atoms in total. The van der Waals surface area contributed by atoms with Crippen LogP contribution in [-0.2, 0) is 21.7 Å². The number of hydrogen-bond donors (Lipinski definition) is 1. The van der Waals surface area contributed by atoms with Gasteiger partial charge in [-0.1, -0.05) is 67.7 Å². The van der Waals surface area contributed by atoms with Gasteiger partial charge in [0.15, 0.2) is 5.60 Å². The fraction of sp³-hybridized carbons (Fsp3) is 0.367. The van der Waals surface area contributed by atoms with E-state index < -0.39 is 13.7 Å². The van der Waals surface area contributed by atoms with Gasteiger partial charge in [-0.3, -0.25) is 4.79 Å². The minimum atomic E-state index is -2.16. The van der Waals surface area contributed by atoms with Crippen LogP contribution in [0.2, 0.25) is 18.6 Å². The third kappa shape index (κ3) is 4.33. The zero-order chi connectivity index (χ0) is 26.4. The molecule has 1 fully saturated rings. The lowest BCUT2D eigenvalue weighted by Crippen LogP contribution is -2.51. The van der Waals surface area contributed by atoms with Gasteiger partial charge in [0.2, 0.25) is 0 Å². The number of aliphatic hydroxyl groups excluding tert-OH is 1. The van der Waals surface area contributed by atoms with Crippen LogP contribution in [0.5, 0.6) is 5.75 Å². The number of carbonyl (C=O) groups is 1. The standard InChI is InChI=1S/C30H34INO4Si/c1-20-28(37(3,4)24-15-13-23(35-2)14-16-24)27(17-18-33)36-30(20)25-7-5-6-8-26(25)32(29(30)34)19-21-9-11-22(31)12-10-21/h5-16,20,27-28,33H,17-19H2,1-4H3/t20-,27+,28-,30+/m1/s1. The first-order valence-electron chi connectivity index (χ1n) is 12.8. The highest BCUT2D eigenvalue weighted by molar-refractivity contribution is 14.1. The van der Waals surface area contributed by atoms with E-state index in [1.54, 1.807) is 7.11 Å². The molecule has 0 aliphatic carbocycles. The average molecular weight is 628 g/mol. The Bertz CT molecular complexity index is 1280. The van der Waals surface area contributed by atoms with E-state index in [0.717, 1.165) is 22.6 Å². The molecule has 1 spiro atoms. The van der Waals surface area contributed by atoms with E-state index in [2.05, 4.69) is 85.1 Å². The summed E-state index contributed by atoms with van der Waals surface area (Å²) >= 11 is 2.30. The lowest BCUT2D eigenvalue weighted by Gasteiger charge is -2.37. The Morgan fingerprint density at radius 1 is 1.05 bits per heavy atom. The second-order valence-corrected chi connectivity index (χ2v) is 16.6. The Kier molecular flexibility index (Phi) is 7.26. The van der Waals surface area contributed by atoms with Crippen molar-refractivity contribution in [3.8, 4) is 5.75 Å². The first kappa shape index (κ1) is 26.4. The minimum Gasteiger partial charge on any atom is -0.497 e. The highest BCUT2D eigenvalue weighted by Crippen LogP contribution is 2.60. The number of hydrogen-bond acceptors (Lipinski definition) is 4. The monoisotopic (exact) mass is 627 g/mol. The molecule has 1 amide bonds. The summed E-state index contributed by atoms with van der Waals surface area (Å²) < 4.78 is 13.5. The van der Waals surface area contributed by atoms with E-state index in [4.69, 9.17) is 9.47 Å². The van der Waals surface area contributed by atoms with Crippen LogP contribution in [0.3, 0.4) is 0 Å². The number of nitrogens with zero attached hydrogens (tertiary/aromatic N) is 1. The molecule has 2 heterocycles. The maximum absolute atomic E-state index is 14.4. The zero-order valence-electron chi connectivity index (χ0n) is 21.8. The fourth-order valence-corrected chi connectivity index (χ4v) is 11.0. The van der Waals surface area contributed by atoms with Gasteiger partial charge in [-0.25, -0.2) is 0 Å². The normalized spacial score (nSPS) is 25.1. The number of anilines is 1. The van der Waals surface area contributed by atoms with Crippen molar-refractivity contribution in [2.75, 3.05) is 18.6 Å². The molecule has 5 rings (SSSR count). The molecule has 3 aromatic rings. The third-order valence-corrected chi connectivity index (χ3v) is 13.5. The molecule has 7 heteroatoms. The number of halogens is 1. The molecule has 2 aliphatic heterocycles. The topological polar surface area (TPSA) is 59.0 Å². The Morgan fingerprint density at radius 3 is 2.38 bits per heavy atom. The molecule has 0 unspecified atom stereocenters. The van der Waals surface area contributed by atoms with Crippen molar-refractivity contribution in [3.63, 3.8) is 0 Å². The number of methoxy groups -OCH3 is 1. The smallest absolute Gasteiger partial charge is 0.264 e. The number of fused-ring (bicyclic) bond motifs is 2. The molecule has 4 atom stereocenters. The highest BCUT2D eigenvalue weighted by Gasteiger charge is 2.66. The van der Waals surface area contributed by atoms with E-state index >= 15 is 0 Å². The molecule has 1 saturated heterocycles. The Labute approximate surface area is 233 Å². The number of para-hydroxylation sites is 1. The summed E-state index contributed by atoms with van der Waals surface area (Å²) in [6.07, 6.45) is 0.301. The van der Waals surface area contributed by atoms with Gasteiger partial charge in [0.25, 0.3) is 5.91 Å². The van der Waals surface area contributed by atoms with Crippen LogP contribution in [0.4, 0.5) is 5.69 Å². The van der Waals surface area contributed by atoms with E-state index in [1.807, 2.05) is 35.2 Å². The highest BCUT2D eigenvalue weighted by atomic mass is 127. The van der Waals surface area contributed by atoms with Crippen molar-refractivity contribution >= 4 is 47.4 Å². The quantitative estimate of drug-likeness (QED) is 0.280. The summed E-state index contributed by atoms with van der Waals surface area (Å²) in [5.74, 6) is 0.784. The molecule has 1 N–H and O–H groups in total. The second-order valence-electron chi connectivity index (χ2n) is 10.7. The summed E-state index contributed by atoms with van der Waals surface area (Å²) in [6.45, 7) is 7.43. The van der Waals surface area contributed by atoms with Gasteiger partial charge in [0.05, 0.1) is 33.5 Å². The minimum absolute atomic E-state index is 0.00437. The summed E-state index contributed by atoms with van der Waals surface area (Å²) in [6, 6.07) is 24.7. The van der Waals surface area contributed by atoms with Gasteiger partial charge in [0.1, 0.15) is 5.75 Å². The predicted molar refractivity (Wildman–Crippen MR) is 158 cm³/mol. The maximum atomic E-state index is 14.4. The summed E-state index contributed by atoms with van der Waals surface area (Å²) in [5, 5.41) is 11.3. The first-order chi connectivity index (χ1) is 17.7. The summed E-state index contributed by atoms with van der Waals surface area (Å²) in [4.78, 5) is 16.3. The molecule has 0 saturated carbocycles. The molecule has 0 bridgehead atoms. The van der Waals surface area contributed by atoms with Gasteiger partial charge >= 0.3 is 0 Å². The van der Waals surface area contributed by atoms with Gasteiger partial charge in [-0.2, -0.15) is 0 Å². The largest absolute Gasteiger partial charge is 0.497 e. The van der Waals surface area contributed by atoms with Crippen LogP contribution in [0.1, 0.15) is 24.5 Å². The van der Waals surface area contributed by atoms with Crippen molar-refractivity contribution in [2.24, 2.45) is 5.92 Å². The van der Waals surface area contributed by atoms with Crippen molar-refractivity contribution in [3.05, 3.63) is 87.5 Å². The predicted octanol–water partition coefficient (Wildman–Crippen LogP) is 5.45.